The predicted molar refractivity (Wildman–Crippen MR) is 94.4 cm³/mol. The molecule has 126 valence electrons. The normalized spacial score (nSPS) is 17.7. The molecule has 4 heteroatoms. The predicted octanol–water partition coefficient (Wildman–Crippen LogP) is 3.28. The number of aryl methyl sites for hydroxylation is 2. The summed E-state index contributed by atoms with van der Waals surface area (Å²) in [6.07, 6.45) is 10.9. The first kappa shape index (κ1) is 16.6. The minimum absolute atomic E-state index is 0.255. The van der Waals surface area contributed by atoms with Gasteiger partial charge in [-0.2, -0.15) is 0 Å². The number of hydrogen-bond acceptors (Lipinski definition) is 3. The van der Waals surface area contributed by atoms with Gasteiger partial charge >= 0.3 is 0 Å². The van der Waals surface area contributed by atoms with Crippen LogP contribution in [0.4, 0.5) is 0 Å². The highest BCUT2D eigenvalue weighted by Gasteiger charge is 2.23. The van der Waals surface area contributed by atoms with Gasteiger partial charge in [0.2, 0.25) is 5.91 Å². The molecule has 1 fully saturated rings. The molecule has 0 aliphatic carbocycles. The van der Waals surface area contributed by atoms with Crippen molar-refractivity contribution < 1.29 is 4.79 Å². The molecular formula is C20H25N3O. The van der Waals surface area contributed by atoms with E-state index in [1.165, 1.54) is 12.0 Å². The Balaban J connectivity index is 1.45. The Morgan fingerprint density at radius 3 is 2.83 bits per heavy atom. The Bertz CT molecular complexity index is 630. The molecule has 0 spiro atoms. The molecule has 4 nitrogen and oxygen atoms in total. The molecule has 1 aromatic heterocycles. The van der Waals surface area contributed by atoms with E-state index in [2.05, 4.69) is 45.2 Å². The van der Waals surface area contributed by atoms with E-state index in [9.17, 15) is 4.79 Å². The molecule has 1 aliphatic heterocycles. The molecular weight excluding hydrogens is 298 g/mol. The van der Waals surface area contributed by atoms with Crippen molar-refractivity contribution in [3.05, 3.63) is 60.2 Å². The van der Waals surface area contributed by atoms with Gasteiger partial charge in [0.05, 0.1) is 5.69 Å². The fourth-order valence-corrected chi connectivity index (χ4v) is 3.39. The SMILES string of the molecule is O=C(CCc1cnccn1)N1CCCC(CCc2ccccc2)C1. The van der Waals surface area contributed by atoms with Crippen molar-refractivity contribution in [3.8, 4) is 0 Å². The van der Waals surface area contributed by atoms with Crippen molar-refractivity contribution in [3.63, 3.8) is 0 Å². The third-order valence-electron chi connectivity index (χ3n) is 4.77. The van der Waals surface area contributed by atoms with E-state index in [4.69, 9.17) is 0 Å². The first-order valence-electron chi connectivity index (χ1n) is 8.88. The zero-order valence-electron chi connectivity index (χ0n) is 14.1. The molecule has 1 amide bonds. The lowest BCUT2D eigenvalue weighted by Gasteiger charge is -2.33. The van der Waals surface area contributed by atoms with Crippen LogP contribution in [0.2, 0.25) is 0 Å². The molecule has 24 heavy (non-hydrogen) atoms. The molecule has 2 aromatic rings. The zero-order chi connectivity index (χ0) is 16.6. The third kappa shape index (κ3) is 4.88. The smallest absolute Gasteiger partial charge is 0.222 e. The van der Waals surface area contributed by atoms with E-state index in [0.29, 0.717) is 18.8 Å². The fraction of sp³-hybridized carbons (Fsp3) is 0.450. The average Bonchev–Trinajstić information content (AvgIpc) is 2.66. The van der Waals surface area contributed by atoms with E-state index in [1.807, 2.05) is 0 Å². The van der Waals surface area contributed by atoms with Gasteiger partial charge in [-0.1, -0.05) is 30.3 Å². The minimum Gasteiger partial charge on any atom is -0.342 e. The van der Waals surface area contributed by atoms with E-state index in [-0.39, 0.29) is 5.91 Å². The maximum absolute atomic E-state index is 12.5. The topological polar surface area (TPSA) is 46.1 Å². The first-order chi connectivity index (χ1) is 11.8. The second-order valence-corrected chi connectivity index (χ2v) is 6.57. The Kier molecular flexibility index (Phi) is 5.94. The number of rotatable bonds is 6. The van der Waals surface area contributed by atoms with Crippen molar-refractivity contribution in [2.45, 2.75) is 38.5 Å². The van der Waals surface area contributed by atoms with Gasteiger partial charge in [0.25, 0.3) is 0 Å². The number of likely N-dealkylation sites (tertiary alicyclic amines) is 1. The highest BCUT2D eigenvalue weighted by Crippen LogP contribution is 2.22. The summed E-state index contributed by atoms with van der Waals surface area (Å²) in [4.78, 5) is 22.8. The van der Waals surface area contributed by atoms with Crippen LogP contribution >= 0.6 is 0 Å². The lowest BCUT2D eigenvalue weighted by Crippen LogP contribution is -2.40. The minimum atomic E-state index is 0.255. The summed E-state index contributed by atoms with van der Waals surface area (Å²) in [7, 11) is 0. The van der Waals surface area contributed by atoms with Gasteiger partial charge in [-0.05, 0) is 43.6 Å². The number of nitrogens with zero attached hydrogens (tertiary/aromatic N) is 3. The number of carbonyl (C=O) groups is 1. The van der Waals surface area contributed by atoms with Crippen molar-refractivity contribution in [2.24, 2.45) is 5.92 Å². The Morgan fingerprint density at radius 2 is 2.04 bits per heavy atom. The van der Waals surface area contributed by atoms with Crippen molar-refractivity contribution in [1.29, 1.82) is 0 Å². The van der Waals surface area contributed by atoms with Crippen molar-refractivity contribution in [1.82, 2.24) is 14.9 Å². The lowest BCUT2D eigenvalue weighted by molar-refractivity contribution is -0.133. The number of amides is 1. The number of benzene rings is 1. The summed E-state index contributed by atoms with van der Waals surface area (Å²) >= 11 is 0. The Morgan fingerprint density at radius 1 is 1.17 bits per heavy atom. The van der Waals surface area contributed by atoms with Crippen LogP contribution in [0.25, 0.3) is 0 Å². The summed E-state index contributed by atoms with van der Waals surface area (Å²) in [6.45, 7) is 1.81. The summed E-state index contributed by atoms with van der Waals surface area (Å²) in [5.74, 6) is 0.879. The highest BCUT2D eigenvalue weighted by atomic mass is 16.2. The number of aromatic nitrogens is 2. The molecule has 0 N–H and O–H groups in total. The van der Waals surface area contributed by atoms with Crippen LogP contribution in [0.3, 0.4) is 0 Å². The van der Waals surface area contributed by atoms with E-state index in [1.54, 1.807) is 18.6 Å². The third-order valence-corrected chi connectivity index (χ3v) is 4.77. The quantitative estimate of drug-likeness (QED) is 0.819. The summed E-state index contributed by atoms with van der Waals surface area (Å²) in [5, 5.41) is 0. The Hall–Kier alpha value is -2.23. The summed E-state index contributed by atoms with van der Waals surface area (Å²) in [6, 6.07) is 10.6. The molecule has 2 heterocycles. The molecule has 0 bridgehead atoms. The van der Waals surface area contributed by atoms with Gasteiger partial charge in [0.1, 0.15) is 0 Å². The van der Waals surface area contributed by atoms with Gasteiger partial charge in [0, 0.05) is 38.1 Å². The van der Waals surface area contributed by atoms with Crippen LogP contribution in [-0.2, 0) is 17.6 Å². The van der Waals surface area contributed by atoms with Gasteiger partial charge < -0.3 is 4.90 Å². The van der Waals surface area contributed by atoms with E-state index >= 15 is 0 Å². The monoisotopic (exact) mass is 323 g/mol. The molecule has 3 rings (SSSR count). The van der Waals surface area contributed by atoms with Crippen LogP contribution in [0.5, 0.6) is 0 Å². The summed E-state index contributed by atoms with van der Waals surface area (Å²) < 4.78 is 0. The molecule has 0 saturated carbocycles. The molecule has 1 aliphatic rings. The molecule has 0 radical (unpaired) electrons. The second-order valence-electron chi connectivity index (χ2n) is 6.57. The highest BCUT2D eigenvalue weighted by molar-refractivity contribution is 5.76. The number of carbonyl (C=O) groups excluding carboxylic acids is 1. The number of hydrogen-bond donors (Lipinski definition) is 0. The molecule has 1 aromatic carbocycles. The van der Waals surface area contributed by atoms with Crippen LogP contribution in [-0.4, -0.2) is 33.9 Å². The number of piperidine rings is 1. The van der Waals surface area contributed by atoms with Gasteiger partial charge in [-0.25, -0.2) is 0 Å². The van der Waals surface area contributed by atoms with Crippen LogP contribution in [0.1, 0.15) is 36.9 Å². The molecule has 1 unspecified atom stereocenters. The molecule has 1 atom stereocenters. The summed E-state index contributed by atoms with van der Waals surface area (Å²) in [5.41, 5.74) is 2.28. The van der Waals surface area contributed by atoms with Gasteiger partial charge in [0.15, 0.2) is 0 Å². The lowest BCUT2D eigenvalue weighted by atomic mass is 9.91. The van der Waals surface area contributed by atoms with Crippen molar-refractivity contribution >= 4 is 5.91 Å². The van der Waals surface area contributed by atoms with Crippen molar-refractivity contribution in [2.75, 3.05) is 13.1 Å². The van der Waals surface area contributed by atoms with Gasteiger partial charge in [-0.3, -0.25) is 14.8 Å². The first-order valence-corrected chi connectivity index (χ1v) is 8.88. The average molecular weight is 323 g/mol. The van der Waals surface area contributed by atoms with Crippen LogP contribution in [0.15, 0.2) is 48.9 Å². The van der Waals surface area contributed by atoms with E-state index < -0.39 is 0 Å². The van der Waals surface area contributed by atoms with Crippen LogP contribution in [0, 0.1) is 5.92 Å². The fourth-order valence-electron chi connectivity index (χ4n) is 3.39. The maximum atomic E-state index is 12.5. The molecule has 1 saturated heterocycles. The largest absolute Gasteiger partial charge is 0.342 e. The second kappa shape index (κ2) is 8.57. The standard InChI is InChI=1S/C20H25N3O/c24-20(11-10-19-15-21-12-13-22-19)23-14-4-7-18(16-23)9-8-17-5-2-1-3-6-17/h1-3,5-6,12-13,15,18H,4,7-11,14,16H2. The Labute approximate surface area is 143 Å². The van der Waals surface area contributed by atoms with Crippen LogP contribution < -0.4 is 0 Å². The van der Waals surface area contributed by atoms with Gasteiger partial charge in [-0.15, -0.1) is 0 Å². The zero-order valence-corrected chi connectivity index (χ0v) is 14.1. The maximum Gasteiger partial charge on any atom is 0.222 e. The van der Waals surface area contributed by atoms with E-state index in [0.717, 1.165) is 38.0 Å².